The number of aryl methyl sites for hydroxylation is 2. The van der Waals surface area contributed by atoms with Crippen molar-refractivity contribution < 1.29 is 14.4 Å². The summed E-state index contributed by atoms with van der Waals surface area (Å²) >= 11 is 0. The normalized spacial score (nSPS) is 10.3. The van der Waals surface area contributed by atoms with Crippen molar-refractivity contribution in [1.82, 2.24) is 19.4 Å². The van der Waals surface area contributed by atoms with E-state index in [4.69, 9.17) is 0 Å². The summed E-state index contributed by atoms with van der Waals surface area (Å²) in [5.41, 5.74) is 0.891. The molecule has 0 fully saturated rings. The van der Waals surface area contributed by atoms with Crippen LogP contribution in [0.25, 0.3) is 0 Å². The molecule has 3 amide bonds. The van der Waals surface area contributed by atoms with Gasteiger partial charge in [0, 0.05) is 40.5 Å². The van der Waals surface area contributed by atoms with Gasteiger partial charge >= 0.3 is 0 Å². The Morgan fingerprint density at radius 2 is 1.74 bits per heavy atom. The third kappa shape index (κ3) is 3.57. The van der Waals surface area contributed by atoms with Crippen LogP contribution in [0.15, 0.2) is 18.5 Å². The first-order valence-electron chi connectivity index (χ1n) is 6.82. The molecule has 0 bridgehead atoms. The van der Waals surface area contributed by atoms with E-state index in [-0.39, 0.29) is 17.6 Å². The molecule has 0 aromatic carbocycles. The molecule has 0 aliphatic carbocycles. The minimum atomic E-state index is -0.446. The predicted octanol–water partition coefficient (Wildman–Crippen LogP) is 0.329. The molecule has 0 aliphatic heterocycles. The average molecular weight is 318 g/mol. The average Bonchev–Trinajstić information content (AvgIpc) is 3.00. The van der Waals surface area contributed by atoms with Crippen LogP contribution in [0.3, 0.4) is 0 Å². The van der Waals surface area contributed by atoms with Gasteiger partial charge in [-0.2, -0.15) is 0 Å². The zero-order valence-corrected chi connectivity index (χ0v) is 13.3. The molecule has 9 nitrogen and oxygen atoms in total. The standard InChI is InChI=1S/C14H18N6O3/c1-8(21)16-11-7-20(4)12(18-11)14(23)17-9-5-10(13(22)15-2)19(3)6-9/h5-7H,1-4H3,(H,15,22)(H,16,21)(H,17,23). The smallest absolute Gasteiger partial charge is 0.291 e. The third-order valence-corrected chi connectivity index (χ3v) is 3.11. The van der Waals surface area contributed by atoms with Gasteiger partial charge in [-0.15, -0.1) is 0 Å². The Labute approximate surface area is 132 Å². The van der Waals surface area contributed by atoms with E-state index < -0.39 is 5.91 Å². The van der Waals surface area contributed by atoms with E-state index >= 15 is 0 Å². The van der Waals surface area contributed by atoms with Crippen LogP contribution in [-0.4, -0.2) is 38.9 Å². The lowest BCUT2D eigenvalue weighted by Gasteiger charge is -2.01. The summed E-state index contributed by atoms with van der Waals surface area (Å²) in [6.07, 6.45) is 3.16. The zero-order valence-electron chi connectivity index (χ0n) is 13.3. The summed E-state index contributed by atoms with van der Waals surface area (Å²) < 4.78 is 3.11. The molecule has 0 unspecified atom stereocenters. The largest absolute Gasteiger partial charge is 0.354 e. The number of imidazole rings is 1. The van der Waals surface area contributed by atoms with Gasteiger partial charge in [-0.25, -0.2) is 4.98 Å². The van der Waals surface area contributed by atoms with Gasteiger partial charge in [-0.1, -0.05) is 0 Å². The molecule has 9 heteroatoms. The summed E-state index contributed by atoms with van der Waals surface area (Å²) in [5, 5.41) is 7.70. The lowest BCUT2D eigenvalue weighted by Crippen LogP contribution is -2.20. The molecule has 0 spiro atoms. The van der Waals surface area contributed by atoms with E-state index in [2.05, 4.69) is 20.9 Å². The number of rotatable bonds is 4. The first kappa shape index (κ1) is 16.3. The quantitative estimate of drug-likeness (QED) is 0.754. The number of carbonyl (C=O) groups is 3. The maximum Gasteiger partial charge on any atom is 0.291 e. The van der Waals surface area contributed by atoms with Gasteiger partial charge in [0.2, 0.25) is 11.7 Å². The van der Waals surface area contributed by atoms with Crippen molar-refractivity contribution in [1.29, 1.82) is 0 Å². The number of hydrogen-bond donors (Lipinski definition) is 3. The summed E-state index contributed by atoms with van der Waals surface area (Å²) in [4.78, 5) is 39.0. The van der Waals surface area contributed by atoms with Crippen molar-refractivity contribution in [3.63, 3.8) is 0 Å². The van der Waals surface area contributed by atoms with Gasteiger partial charge in [0.15, 0.2) is 5.82 Å². The summed E-state index contributed by atoms with van der Waals surface area (Å²) in [7, 11) is 4.88. The Morgan fingerprint density at radius 3 is 2.35 bits per heavy atom. The van der Waals surface area contributed by atoms with Crippen molar-refractivity contribution in [3.8, 4) is 0 Å². The van der Waals surface area contributed by atoms with Crippen LogP contribution in [0.5, 0.6) is 0 Å². The molecule has 3 N–H and O–H groups in total. The van der Waals surface area contributed by atoms with E-state index in [1.54, 1.807) is 30.9 Å². The second kappa shape index (κ2) is 6.34. The van der Waals surface area contributed by atoms with Gasteiger partial charge in [0.25, 0.3) is 11.8 Å². The highest BCUT2D eigenvalue weighted by Crippen LogP contribution is 2.15. The molecule has 2 heterocycles. The number of nitrogens with zero attached hydrogens (tertiary/aromatic N) is 3. The highest BCUT2D eigenvalue weighted by molar-refractivity contribution is 6.03. The lowest BCUT2D eigenvalue weighted by atomic mass is 10.3. The minimum Gasteiger partial charge on any atom is -0.354 e. The van der Waals surface area contributed by atoms with Crippen LogP contribution in [-0.2, 0) is 18.9 Å². The molecule has 122 valence electrons. The molecule has 0 saturated carbocycles. The van der Waals surface area contributed by atoms with Gasteiger partial charge in [0.1, 0.15) is 5.69 Å². The van der Waals surface area contributed by atoms with Gasteiger partial charge in [-0.3, -0.25) is 14.4 Å². The Bertz CT molecular complexity index is 774. The Hall–Kier alpha value is -3.10. The first-order valence-corrected chi connectivity index (χ1v) is 6.82. The number of amides is 3. The van der Waals surface area contributed by atoms with Crippen molar-refractivity contribution >= 4 is 29.2 Å². The van der Waals surface area contributed by atoms with Crippen molar-refractivity contribution in [2.24, 2.45) is 14.1 Å². The molecule has 2 aromatic rings. The predicted molar refractivity (Wildman–Crippen MR) is 84.3 cm³/mol. The fourth-order valence-electron chi connectivity index (χ4n) is 2.09. The SMILES string of the molecule is CNC(=O)c1cc(NC(=O)c2nc(NC(C)=O)cn2C)cn1C. The lowest BCUT2D eigenvalue weighted by molar-refractivity contribution is -0.114. The molecular weight excluding hydrogens is 300 g/mol. The second-order valence-corrected chi connectivity index (χ2v) is 5.00. The number of anilines is 2. The van der Waals surface area contributed by atoms with Crippen LogP contribution in [0, 0.1) is 0 Å². The molecule has 0 atom stereocenters. The summed E-state index contributed by atoms with van der Waals surface area (Å²) in [6.45, 7) is 1.36. The molecule has 2 rings (SSSR count). The third-order valence-electron chi connectivity index (χ3n) is 3.11. The maximum atomic E-state index is 12.3. The number of hydrogen-bond acceptors (Lipinski definition) is 4. The van der Waals surface area contributed by atoms with Crippen LogP contribution < -0.4 is 16.0 Å². The van der Waals surface area contributed by atoms with Gasteiger partial charge in [-0.05, 0) is 6.07 Å². The van der Waals surface area contributed by atoms with Crippen molar-refractivity contribution in [3.05, 3.63) is 30.0 Å². The molecule has 0 radical (unpaired) electrons. The van der Waals surface area contributed by atoms with Crippen molar-refractivity contribution in [2.45, 2.75) is 6.92 Å². The molecular formula is C14H18N6O3. The maximum absolute atomic E-state index is 12.3. The highest BCUT2D eigenvalue weighted by Gasteiger charge is 2.17. The first-order chi connectivity index (χ1) is 10.8. The Balaban J connectivity index is 2.18. The number of carbonyl (C=O) groups excluding carboxylic acids is 3. The molecule has 2 aromatic heterocycles. The van der Waals surface area contributed by atoms with E-state index in [1.807, 2.05) is 0 Å². The fraction of sp³-hybridized carbons (Fsp3) is 0.286. The van der Waals surface area contributed by atoms with E-state index in [9.17, 15) is 14.4 Å². The minimum absolute atomic E-state index is 0.138. The Morgan fingerprint density at radius 1 is 1.04 bits per heavy atom. The van der Waals surface area contributed by atoms with Crippen LogP contribution in [0.1, 0.15) is 28.0 Å². The second-order valence-electron chi connectivity index (χ2n) is 5.00. The summed E-state index contributed by atoms with van der Waals surface area (Å²) in [6, 6.07) is 1.56. The van der Waals surface area contributed by atoms with Crippen LogP contribution in [0.4, 0.5) is 11.5 Å². The Kier molecular flexibility index (Phi) is 4.49. The van der Waals surface area contributed by atoms with Gasteiger partial charge < -0.3 is 25.1 Å². The molecule has 23 heavy (non-hydrogen) atoms. The van der Waals surface area contributed by atoms with Crippen molar-refractivity contribution in [2.75, 3.05) is 17.7 Å². The zero-order chi connectivity index (χ0) is 17.1. The fourth-order valence-corrected chi connectivity index (χ4v) is 2.09. The highest BCUT2D eigenvalue weighted by atomic mass is 16.2. The van der Waals surface area contributed by atoms with E-state index in [0.29, 0.717) is 17.2 Å². The number of nitrogens with one attached hydrogen (secondary N) is 3. The van der Waals surface area contributed by atoms with Gasteiger partial charge in [0.05, 0.1) is 5.69 Å². The topological polar surface area (TPSA) is 110 Å². The van der Waals surface area contributed by atoms with Crippen LogP contribution in [0.2, 0.25) is 0 Å². The summed E-state index contributed by atoms with van der Waals surface area (Å²) in [5.74, 6) is -0.534. The monoisotopic (exact) mass is 318 g/mol. The van der Waals surface area contributed by atoms with E-state index in [1.165, 1.54) is 24.7 Å². The number of aromatic nitrogens is 3. The van der Waals surface area contributed by atoms with Crippen LogP contribution >= 0.6 is 0 Å². The van der Waals surface area contributed by atoms with E-state index in [0.717, 1.165) is 0 Å². The molecule has 0 saturated heterocycles. The molecule has 0 aliphatic rings.